The van der Waals surface area contributed by atoms with Crippen molar-refractivity contribution >= 4 is 34.7 Å². The molecule has 1 aliphatic rings. The molecule has 0 aliphatic carbocycles. The fraction of sp³-hybridized carbons (Fsp3) is 0.238. The lowest BCUT2D eigenvalue weighted by Gasteiger charge is -2.31. The number of hydrogen-bond donors (Lipinski definition) is 1. The van der Waals surface area contributed by atoms with Crippen LogP contribution in [0.25, 0.3) is 11.3 Å². The molecule has 0 saturated carbocycles. The number of carbonyl (C=O) groups excluding carboxylic acids is 1. The molecule has 0 spiro atoms. The molecule has 0 saturated heterocycles. The first-order valence-electron chi connectivity index (χ1n) is 9.32. The standard InChI is InChI=1S/C21H20N4O2S2/c1-4-12-28-21-22-19(27)18-14-8-6-7-9-15(14)24(17(26)5-2)20(25(18)23-21)16-11-10-13(3)29-16/h4,6-11,20H,1,5,12H2,2-3H3/p+1. The first-order chi connectivity index (χ1) is 14.0. The van der Waals surface area contributed by atoms with Crippen molar-refractivity contribution in [1.82, 2.24) is 10.1 Å². The summed E-state index contributed by atoms with van der Waals surface area (Å²) in [6.45, 7) is 7.60. The molecule has 3 aromatic rings. The van der Waals surface area contributed by atoms with Gasteiger partial charge in [-0.3, -0.25) is 14.6 Å². The zero-order valence-electron chi connectivity index (χ0n) is 16.2. The predicted molar refractivity (Wildman–Crippen MR) is 116 cm³/mol. The number of anilines is 1. The van der Waals surface area contributed by atoms with E-state index in [-0.39, 0.29) is 11.5 Å². The van der Waals surface area contributed by atoms with Gasteiger partial charge in [0, 0.05) is 22.1 Å². The summed E-state index contributed by atoms with van der Waals surface area (Å²) in [5.41, 5.74) is 1.67. The summed E-state index contributed by atoms with van der Waals surface area (Å²) in [5.74, 6) is 0.605. The second kappa shape index (κ2) is 7.96. The molecule has 1 aliphatic heterocycles. The van der Waals surface area contributed by atoms with Gasteiger partial charge in [-0.25, -0.2) is 4.90 Å². The van der Waals surface area contributed by atoms with Crippen molar-refractivity contribution < 1.29 is 9.48 Å². The second-order valence-electron chi connectivity index (χ2n) is 6.61. The number of aryl methyl sites for hydroxylation is 1. The summed E-state index contributed by atoms with van der Waals surface area (Å²) in [5, 5.41) is 5.23. The first-order valence-corrected chi connectivity index (χ1v) is 11.1. The molecule has 148 valence electrons. The number of rotatable bonds is 5. The Morgan fingerprint density at radius 3 is 2.86 bits per heavy atom. The van der Waals surface area contributed by atoms with Crippen molar-refractivity contribution in [3.8, 4) is 11.3 Å². The van der Waals surface area contributed by atoms with Crippen LogP contribution in [0.1, 0.15) is 29.3 Å². The number of benzene rings is 1. The maximum Gasteiger partial charge on any atom is 0.325 e. The average Bonchev–Trinajstić information content (AvgIpc) is 3.16. The highest BCUT2D eigenvalue weighted by Crippen LogP contribution is 2.39. The molecule has 1 unspecified atom stereocenters. The topological polar surface area (TPSA) is 69.9 Å². The Bertz CT molecular complexity index is 1150. The molecule has 0 radical (unpaired) electrons. The lowest BCUT2D eigenvalue weighted by molar-refractivity contribution is -0.762. The van der Waals surface area contributed by atoms with Crippen molar-refractivity contribution in [2.24, 2.45) is 0 Å². The number of H-pyrrole nitrogens is 1. The van der Waals surface area contributed by atoms with Crippen LogP contribution in [-0.2, 0) is 4.79 Å². The molecule has 6 nitrogen and oxygen atoms in total. The van der Waals surface area contributed by atoms with Gasteiger partial charge < -0.3 is 0 Å². The van der Waals surface area contributed by atoms with Crippen LogP contribution in [0, 0.1) is 6.92 Å². The fourth-order valence-corrected chi connectivity index (χ4v) is 5.01. The molecule has 1 aromatic carbocycles. The normalized spacial score (nSPS) is 15.0. The van der Waals surface area contributed by atoms with Gasteiger partial charge in [0.15, 0.2) is 0 Å². The Balaban J connectivity index is 2.03. The molecule has 1 amide bonds. The van der Waals surface area contributed by atoms with Crippen molar-refractivity contribution in [1.29, 1.82) is 0 Å². The number of fused-ring (bicyclic) bond motifs is 3. The van der Waals surface area contributed by atoms with Crippen molar-refractivity contribution in [2.75, 3.05) is 10.7 Å². The van der Waals surface area contributed by atoms with Crippen LogP contribution in [0.15, 0.2) is 59.0 Å². The van der Waals surface area contributed by atoms with Gasteiger partial charge in [0.25, 0.3) is 0 Å². The molecule has 29 heavy (non-hydrogen) atoms. The maximum absolute atomic E-state index is 13.1. The summed E-state index contributed by atoms with van der Waals surface area (Å²) in [6.07, 6.45) is 1.61. The van der Waals surface area contributed by atoms with E-state index < -0.39 is 6.17 Å². The van der Waals surface area contributed by atoms with Crippen molar-refractivity contribution in [3.63, 3.8) is 0 Å². The Kier molecular flexibility index (Phi) is 5.38. The predicted octanol–water partition coefficient (Wildman–Crippen LogP) is 3.68. The fourth-order valence-electron chi connectivity index (χ4n) is 3.46. The van der Waals surface area contributed by atoms with E-state index in [0.717, 1.165) is 15.4 Å². The smallest absolute Gasteiger partial charge is 0.291 e. The van der Waals surface area contributed by atoms with Gasteiger partial charge in [0.05, 0.1) is 16.1 Å². The van der Waals surface area contributed by atoms with E-state index in [1.54, 1.807) is 27.0 Å². The van der Waals surface area contributed by atoms with Crippen LogP contribution in [0.3, 0.4) is 0 Å². The number of amides is 1. The van der Waals surface area contributed by atoms with Crippen LogP contribution in [0.4, 0.5) is 5.69 Å². The van der Waals surface area contributed by atoms with Gasteiger partial charge in [0.1, 0.15) is 0 Å². The monoisotopic (exact) mass is 425 g/mol. The third-order valence-electron chi connectivity index (χ3n) is 4.68. The zero-order valence-corrected chi connectivity index (χ0v) is 17.8. The Labute approximate surface area is 176 Å². The van der Waals surface area contributed by atoms with E-state index in [0.29, 0.717) is 28.6 Å². The number of nitrogens with zero attached hydrogens (tertiary/aromatic N) is 3. The van der Waals surface area contributed by atoms with Crippen LogP contribution in [-0.4, -0.2) is 21.7 Å². The van der Waals surface area contributed by atoms with E-state index in [1.165, 1.54) is 11.8 Å². The lowest BCUT2D eigenvalue weighted by atomic mass is 10.0. The molecule has 8 heteroatoms. The highest BCUT2D eigenvalue weighted by molar-refractivity contribution is 7.99. The number of para-hydroxylation sites is 1. The quantitative estimate of drug-likeness (QED) is 0.385. The molecule has 2 aromatic heterocycles. The maximum atomic E-state index is 13.1. The van der Waals surface area contributed by atoms with Gasteiger partial charge in [0.2, 0.25) is 11.1 Å². The lowest BCUT2D eigenvalue weighted by Crippen LogP contribution is -2.60. The number of thioether (sulfide) groups is 1. The minimum atomic E-state index is -0.503. The van der Waals surface area contributed by atoms with Crippen LogP contribution >= 0.6 is 23.1 Å². The van der Waals surface area contributed by atoms with Crippen LogP contribution in [0.2, 0.25) is 0 Å². The minimum absolute atomic E-state index is 0.0194. The van der Waals surface area contributed by atoms with Gasteiger partial charge in [-0.15, -0.1) is 17.9 Å². The van der Waals surface area contributed by atoms with E-state index in [1.807, 2.05) is 50.2 Å². The zero-order chi connectivity index (χ0) is 20.5. The second-order valence-corrected chi connectivity index (χ2v) is 8.94. The van der Waals surface area contributed by atoms with Gasteiger partial charge in [-0.05, 0) is 35.9 Å². The molecule has 0 bridgehead atoms. The van der Waals surface area contributed by atoms with E-state index in [2.05, 4.69) is 11.6 Å². The molecule has 1 atom stereocenters. The number of carbonyl (C=O) groups is 1. The Morgan fingerprint density at radius 1 is 1.38 bits per heavy atom. The highest BCUT2D eigenvalue weighted by Gasteiger charge is 2.45. The first kappa shape index (κ1) is 19.6. The molecular weight excluding hydrogens is 404 g/mol. The van der Waals surface area contributed by atoms with Crippen molar-refractivity contribution in [3.05, 3.63) is 69.2 Å². The molecule has 4 rings (SSSR count). The Hall–Kier alpha value is -2.71. The minimum Gasteiger partial charge on any atom is -0.291 e. The molecule has 3 heterocycles. The third-order valence-corrected chi connectivity index (χ3v) is 6.58. The molecule has 0 fully saturated rings. The summed E-state index contributed by atoms with van der Waals surface area (Å²) < 4.78 is 1.70. The summed E-state index contributed by atoms with van der Waals surface area (Å²) in [6, 6.07) is 11.5. The summed E-state index contributed by atoms with van der Waals surface area (Å²) in [7, 11) is 0. The number of aromatic nitrogens is 3. The SMILES string of the molecule is C=CCSc1n[n+]2c(c(=O)[nH]1)-c1ccccc1N(C(=O)CC)C2c1ccc(C)s1. The van der Waals surface area contributed by atoms with E-state index in [4.69, 9.17) is 5.10 Å². The van der Waals surface area contributed by atoms with E-state index >= 15 is 0 Å². The van der Waals surface area contributed by atoms with Crippen molar-refractivity contribution in [2.45, 2.75) is 31.6 Å². The average molecular weight is 426 g/mol. The number of thiophene rings is 1. The summed E-state index contributed by atoms with van der Waals surface area (Å²) >= 11 is 3.00. The number of nitrogens with one attached hydrogen (secondary N) is 1. The van der Waals surface area contributed by atoms with Gasteiger partial charge in [-0.1, -0.05) is 36.9 Å². The molecular formula is C21H21N4O2S2+. The van der Waals surface area contributed by atoms with E-state index in [9.17, 15) is 9.59 Å². The third kappa shape index (κ3) is 3.42. The van der Waals surface area contributed by atoms with Crippen LogP contribution in [0.5, 0.6) is 0 Å². The number of hydrogen-bond acceptors (Lipinski definition) is 5. The highest BCUT2D eigenvalue weighted by atomic mass is 32.2. The Morgan fingerprint density at radius 2 is 2.17 bits per heavy atom. The van der Waals surface area contributed by atoms with Crippen LogP contribution < -0.4 is 15.1 Å². The van der Waals surface area contributed by atoms with Gasteiger partial charge in [-0.2, -0.15) is 0 Å². The largest absolute Gasteiger partial charge is 0.325 e. The number of aromatic amines is 1. The summed E-state index contributed by atoms with van der Waals surface area (Å²) in [4.78, 5) is 32.9. The van der Waals surface area contributed by atoms with Gasteiger partial charge >= 0.3 is 17.4 Å². The molecule has 1 N–H and O–H groups in total.